The maximum Gasteiger partial charge on any atom is 0.0587 e. The average molecular weight is 297 g/mol. The summed E-state index contributed by atoms with van der Waals surface area (Å²) in [4.78, 5) is 2.39. The SMILES string of the molecule is CC(C)C[C@H](CO)N(Cc1ccccc1)Cc1ccccc1. The molecule has 0 aliphatic carbocycles. The molecule has 0 aromatic heterocycles. The maximum atomic E-state index is 9.86. The van der Waals surface area contributed by atoms with Gasteiger partial charge in [-0.05, 0) is 23.5 Å². The van der Waals surface area contributed by atoms with Crippen LogP contribution in [0.2, 0.25) is 0 Å². The molecule has 2 nitrogen and oxygen atoms in total. The van der Waals surface area contributed by atoms with E-state index in [0.29, 0.717) is 5.92 Å². The molecule has 2 rings (SSSR count). The number of nitrogens with zero attached hydrogens (tertiary/aromatic N) is 1. The zero-order chi connectivity index (χ0) is 15.8. The Morgan fingerprint density at radius 2 is 1.27 bits per heavy atom. The van der Waals surface area contributed by atoms with Gasteiger partial charge in [-0.15, -0.1) is 0 Å². The van der Waals surface area contributed by atoms with Gasteiger partial charge in [0.1, 0.15) is 0 Å². The Kier molecular flexibility index (Phi) is 6.63. The molecule has 0 unspecified atom stereocenters. The van der Waals surface area contributed by atoms with E-state index < -0.39 is 0 Å². The number of aliphatic hydroxyl groups is 1. The smallest absolute Gasteiger partial charge is 0.0587 e. The summed E-state index contributed by atoms with van der Waals surface area (Å²) in [6.07, 6.45) is 1.01. The summed E-state index contributed by atoms with van der Waals surface area (Å²) in [5.74, 6) is 0.575. The summed E-state index contributed by atoms with van der Waals surface area (Å²) in [6, 6.07) is 21.2. The molecule has 0 amide bonds. The van der Waals surface area contributed by atoms with Crippen molar-refractivity contribution in [1.82, 2.24) is 4.90 Å². The highest BCUT2D eigenvalue weighted by Gasteiger charge is 2.19. The quantitative estimate of drug-likeness (QED) is 0.793. The molecule has 1 atom stereocenters. The zero-order valence-corrected chi connectivity index (χ0v) is 13.7. The molecule has 0 bridgehead atoms. The van der Waals surface area contributed by atoms with Crippen molar-refractivity contribution in [2.75, 3.05) is 6.61 Å². The summed E-state index contributed by atoms with van der Waals surface area (Å²) in [5.41, 5.74) is 2.58. The molecule has 1 N–H and O–H groups in total. The van der Waals surface area contributed by atoms with E-state index in [9.17, 15) is 5.11 Å². The van der Waals surface area contributed by atoms with Crippen LogP contribution in [-0.2, 0) is 13.1 Å². The lowest BCUT2D eigenvalue weighted by molar-refractivity contribution is 0.0941. The minimum atomic E-state index is 0.195. The zero-order valence-electron chi connectivity index (χ0n) is 13.7. The van der Waals surface area contributed by atoms with Crippen molar-refractivity contribution in [3.63, 3.8) is 0 Å². The van der Waals surface area contributed by atoms with Crippen LogP contribution in [0.4, 0.5) is 0 Å². The van der Waals surface area contributed by atoms with Crippen LogP contribution in [0.1, 0.15) is 31.4 Å². The standard InChI is InChI=1S/C20H27NO/c1-17(2)13-20(16-22)21(14-18-9-5-3-6-10-18)15-19-11-7-4-8-12-19/h3-12,17,20,22H,13-16H2,1-2H3/t20-/m1/s1. The molecular weight excluding hydrogens is 270 g/mol. The summed E-state index contributed by atoms with van der Waals surface area (Å²) in [7, 11) is 0. The second-order valence-electron chi connectivity index (χ2n) is 6.34. The monoisotopic (exact) mass is 297 g/mol. The Hall–Kier alpha value is -1.64. The highest BCUT2D eigenvalue weighted by atomic mass is 16.3. The van der Waals surface area contributed by atoms with Gasteiger partial charge >= 0.3 is 0 Å². The highest BCUT2D eigenvalue weighted by Crippen LogP contribution is 2.18. The van der Waals surface area contributed by atoms with Crippen LogP contribution in [0.3, 0.4) is 0 Å². The molecular formula is C20H27NO. The van der Waals surface area contributed by atoms with Crippen LogP contribution < -0.4 is 0 Å². The Morgan fingerprint density at radius 3 is 1.64 bits per heavy atom. The third-order valence-corrected chi connectivity index (χ3v) is 3.93. The Balaban J connectivity index is 2.15. The first-order valence-corrected chi connectivity index (χ1v) is 8.11. The van der Waals surface area contributed by atoms with Crippen LogP contribution in [0.25, 0.3) is 0 Å². The maximum absolute atomic E-state index is 9.86. The Bertz CT molecular complexity index is 482. The van der Waals surface area contributed by atoms with E-state index >= 15 is 0 Å². The first kappa shape index (κ1) is 16.7. The molecule has 118 valence electrons. The van der Waals surface area contributed by atoms with Crippen molar-refractivity contribution in [3.8, 4) is 0 Å². The van der Waals surface area contributed by atoms with E-state index in [1.165, 1.54) is 11.1 Å². The molecule has 0 radical (unpaired) electrons. The van der Waals surface area contributed by atoms with Gasteiger partial charge in [0.25, 0.3) is 0 Å². The lowest BCUT2D eigenvalue weighted by Crippen LogP contribution is -2.38. The highest BCUT2D eigenvalue weighted by molar-refractivity contribution is 5.17. The van der Waals surface area contributed by atoms with Gasteiger partial charge in [0, 0.05) is 19.1 Å². The molecule has 22 heavy (non-hydrogen) atoms. The van der Waals surface area contributed by atoms with E-state index in [4.69, 9.17) is 0 Å². The Morgan fingerprint density at radius 1 is 0.818 bits per heavy atom. The molecule has 0 saturated heterocycles. The van der Waals surface area contributed by atoms with E-state index in [1.807, 2.05) is 12.1 Å². The topological polar surface area (TPSA) is 23.5 Å². The van der Waals surface area contributed by atoms with E-state index in [1.54, 1.807) is 0 Å². The summed E-state index contributed by atoms with van der Waals surface area (Å²) >= 11 is 0. The molecule has 0 saturated carbocycles. The summed E-state index contributed by atoms with van der Waals surface area (Å²) in [6.45, 7) is 6.37. The van der Waals surface area contributed by atoms with Gasteiger partial charge in [0.2, 0.25) is 0 Å². The molecule has 2 aromatic carbocycles. The molecule has 0 aliphatic rings. The van der Waals surface area contributed by atoms with Crippen molar-refractivity contribution < 1.29 is 5.11 Å². The predicted molar refractivity (Wildman–Crippen MR) is 92.5 cm³/mol. The van der Waals surface area contributed by atoms with Crippen molar-refractivity contribution in [1.29, 1.82) is 0 Å². The van der Waals surface area contributed by atoms with Gasteiger partial charge in [0.15, 0.2) is 0 Å². The average Bonchev–Trinajstić information content (AvgIpc) is 2.54. The van der Waals surface area contributed by atoms with E-state index in [-0.39, 0.29) is 12.6 Å². The molecule has 2 aromatic rings. The van der Waals surface area contributed by atoms with Crippen LogP contribution >= 0.6 is 0 Å². The molecule has 0 heterocycles. The summed E-state index contributed by atoms with van der Waals surface area (Å²) < 4.78 is 0. The second kappa shape index (κ2) is 8.72. The fourth-order valence-corrected chi connectivity index (χ4v) is 2.83. The first-order valence-electron chi connectivity index (χ1n) is 8.11. The normalized spacial score (nSPS) is 12.8. The molecule has 0 spiro atoms. The molecule has 0 fully saturated rings. The van der Waals surface area contributed by atoms with E-state index in [0.717, 1.165) is 19.5 Å². The predicted octanol–water partition coefficient (Wildman–Crippen LogP) is 4.10. The fraction of sp³-hybridized carbons (Fsp3) is 0.400. The third-order valence-electron chi connectivity index (χ3n) is 3.93. The van der Waals surface area contributed by atoms with Crippen LogP contribution in [0.5, 0.6) is 0 Å². The lowest BCUT2D eigenvalue weighted by Gasteiger charge is -2.32. The van der Waals surface area contributed by atoms with Crippen LogP contribution in [0, 0.1) is 5.92 Å². The lowest BCUT2D eigenvalue weighted by atomic mass is 10.0. The van der Waals surface area contributed by atoms with E-state index in [2.05, 4.69) is 67.3 Å². The van der Waals surface area contributed by atoms with Gasteiger partial charge < -0.3 is 5.11 Å². The van der Waals surface area contributed by atoms with Crippen molar-refractivity contribution >= 4 is 0 Å². The van der Waals surface area contributed by atoms with Crippen molar-refractivity contribution in [3.05, 3.63) is 71.8 Å². The van der Waals surface area contributed by atoms with Crippen molar-refractivity contribution in [2.24, 2.45) is 5.92 Å². The number of hydrogen-bond acceptors (Lipinski definition) is 2. The third kappa shape index (κ3) is 5.28. The second-order valence-corrected chi connectivity index (χ2v) is 6.34. The van der Waals surface area contributed by atoms with Gasteiger partial charge in [-0.2, -0.15) is 0 Å². The Labute approximate surface area is 134 Å². The van der Waals surface area contributed by atoms with Crippen molar-refractivity contribution in [2.45, 2.75) is 39.4 Å². The van der Waals surface area contributed by atoms with Gasteiger partial charge in [-0.1, -0.05) is 74.5 Å². The van der Waals surface area contributed by atoms with Crippen LogP contribution in [0.15, 0.2) is 60.7 Å². The van der Waals surface area contributed by atoms with Gasteiger partial charge in [-0.3, -0.25) is 4.90 Å². The van der Waals surface area contributed by atoms with Crippen LogP contribution in [-0.4, -0.2) is 22.7 Å². The number of benzene rings is 2. The van der Waals surface area contributed by atoms with Gasteiger partial charge in [0.05, 0.1) is 6.61 Å². The minimum absolute atomic E-state index is 0.195. The molecule has 0 aliphatic heterocycles. The van der Waals surface area contributed by atoms with Gasteiger partial charge in [-0.25, -0.2) is 0 Å². The largest absolute Gasteiger partial charge is 0.395 e. The fourth-order valence-electron chi connectivity index (χ4n) is 2.83. The number of hydrogen-bond donors (Lipinski definition) is 1. The molecule has 2 heteroatoms. The summed E-state index contributed by atoms with van der Waals surface area (Å²) in [5, 5.41) is 9.86. The minimum Gasteiger partial charge on any atom is -0.395 e. The number of aliphatic hydroxyl groups excluding tert-OH is 1. The number of rotatable bonds is 8. The first-order chi connectivity index (χ1) is 10.7.